The summed E-state index contributed by atoms with van der Waals surface area (Å²) in [5, 5.41) is 10.6. The number of aromatic amines is 1. The third-order valence-corrected chi connectivity index (χ3v) is 7.88. The number of ether oxygens (including phenoxy) is 2. The number of hydrogen-bond donors (Lipinski definition) is 2. The van der Waals surface area contributed by atoms with Crippen LogP contribution < -0.4 is 4.74 Å². The molecule has 0 aliphatic carbocycles. The fourth-order valence-electron chi connectivity index (χ4n) is 6.27. The first-order chi connectivity index (χ1) is 16.0. The zero-order chi connectivity index (χ0) is 23.2. The molecule has 1 unspecified atom stereocenters. The Bertz CT molecular complexity index is 1170. The van der Waals surface area contributed by atoms with Gasteiger partial charge in [-0.1, -0.05) is 12.1 Å². The van der Waals surface area contributed by atoms with Gasteiger partial charge in [0.15, 0.2) is 0 Å². The van der Waals surface area contributed by atoms with Crippen LogP contribution in [-0.4, -0.2) is 47.3 Å². The second-order valence-electron chi connectivity index (χ2n) is 9.53. The number of piperidine rings is 2. The highest BCUT2D eigenvalue weighted by atomic mass is 16.5. The van der Waals surface area contributed by atoms with Gasteiger partial charge in [0.05, 0.1) is 18.8 Å². The van der Waals surface area contributed by atoms with Crippen LogP contribution in [0.5, 0.6) is 5.75 Å². The van der Waals surface area contributed by atoms with E-state index in [1.807, 2.05) is 25.4 Å². The molecular weight excluding hydrogens is 416 g/mol. The molecule has 3 aromatic rings. The van der Waals surface area contributed by atoms with Crippen molar-refractivity contribution in [3.05, 3.63) is 64.8 Å². The van der Waals surface area contributed by atoms with Crippen molar-refractivity contribution in [1.29, 1.82) is 0 Å². The molecule has 3 heterocycles. The smallest absolute Gasteiger partial charge is 0.335 e. The lowest BCUT2D eigenvalue weighted by Crippen LogP contribution is -2.60. The van der Waals surface area contributed by atoms with Crippen LogP contribution in [-0.2, 0) is 16.8 Å². The first-order valence-electron chi connectivity index (χ1n) is 11.7. The number of aromatic nitrogens is 1. The number of nitrogens with one attached hydrogen (secondary N) is 1. The number of carboxylic acids is 1. The topological polar surface area (TPSA) is 74.8 Å². The van der Waals surface area contributed by atoms with Crippen LogP contribution >= 0.6 is 0 Å². The van der Waals surface area contributed by atoms with Crippen molar-refractivity contribution in [1.82, 2.24) is 9.88 Å². The molecule has 6 heteroatoms. The molecule has 0 saturated carbocycles. The van der Waals surface area contributed by atoms with Gasteiger partial charge in [-0.15, -0.1) is 0 Å². The van der Waals surface area contributed by atoms with Crippen LogP contribution in [0.1, 0.15) is 59.2 Å². The van der Waals surface area contributed by atoms with Crippen molar-refractivity contribution in [2.45, 2.75) is 63.3 Å². The van der Waals surface area contributed by atoms with E-state index in [4.69, 9.17) is 9.47 Å². The van der Waals surface area contributed by atoms with Gasteiger partial charge < -0.3 is 19.6 Å². The molecule has 6 nitrogen and oxygen atoms in total. The van der Waals surface area contributed by atoms with E-state index in [2.05, 4.69) is 28.9 Å². The van der Waals surface area contributed by atoms with E-state index in [0.29, 0.717) is 11.6 Å². The van der Waals surface area contributed by atoms with Gasteiger partial charge in [0.2, 0.25) is 0 Å². The number of hydrogen-bond acceptors (Lipinski definition) is 4. The maximum absolute atomic E-state index is 11.5. The lowest BCUT2D eigenvalue weighted by molar-refractivity contribution is -0.108. The van der Waals surface area contributed by atoms with E-state index in [1.165, 1.54) is 22.1 Å². The standard InChI is InChI=1S/C27H32N2O4/c1-17-13-24(33-3)23(22-10-12-28-25(17)22)16-29-20-5-4-11-27(29,15-21(14-20)32-2)19-8-6-18(7-9-19)26(30)31/h6-10,12-13,20-21,28H,4-5,11,14-16H2,1-3H3,(H,30,31)/t20-,21+,27?/m1/s1. The summed E-state index contributed by atoms with van der Waals surface area (Å²) in [5.74, 6) is 0.0259. The van der Waals surface area contributed by atoms with Crippen molar-refractivity contribution in [2.24, 2.45) is 0 Å². The van der Waals surface area contributed by atoms with Crippen molar-refractivity contribution in [3.63, 3.8) is 0 Å². The second kappa shape index (κ2) is 8.50. The first-order valence-corrected chi connectivity index (χ1v) is 11.7. The lowest BCUT2D eigenvalue weighted by atomic mass is 9.69. The molecule has 1 aromatic heterocycles. The molecule has 2 saturated heterocycles. The highest BCUT2D eigenvalue weighted by Crippen LogP contribution is 2.51. The monoisotopic (exact) mass is 448 g/mol. The maximum atomic E-state index is 11.5. The summed E-state index contributed by atoms with van der Waals surface area (Å²) in [4.78, 5) is 17.5. The molecule has 2 N–H and O–H groups in total. The number of methoxy groups -OCH3 is 2. The maximum Gasteiger partial charge on any atom is 0.335 e. The number of nitrogens with zero attached hydrogens (tertiary/aromatic N) is 1. The fourth-order valence-corrected chi connectivity index (χ4v) is 6.27. The molecule has 174 valence electrons. The third kappa shape index (κ3) is 3.62. The van der Waals surface area contributed by atoms with Gasteiger partial charge in [-0.25, -0.2) is 4.79 Å². The Labute approximate surface area is 194 Å². The molecule has 0 spiro atoms. The number of carbonyl (C=O) groups is 1. The number of carboxylic acid groups (broad SMARTS) is 1. The van der Waals surface area contributed by atoms with Gasteiger partial charge in [-0.05, 0) is 74.4 Å². The Balaban J connectivity index is 1.62. The van der Waals surface area contributed by atoms with Crippen LogP contribution in [0.2, 0.25) is 0 Å². The van der Waals surface area contributed by atoms with Gasteiger partial charge in [-0.2, -0.15) is 0 Å². The largest absolute Gasteiger partial charge is 0.496 e. The summed E-state index contributed by atoms with van der Waals surface area (Å²) in [6.45, 7) is 2.88. The highest BCUT2D eigenvalue weighted by molar-refractivity contribution is 5.88. The van der Waals surface area contributed by atoms with Gasteiger partial charge in [0.1, 0.15) is 5.75 Å². The van der Waals surface area contributed by atoms with E-state index < -0.39 is 5.97 Å². The van der Waals surface area contributed by atoms with Crippen LogP contribution in [0.15, 0.2) is 42.6 Å². The number of benzene rings is 2. The minimum Gasteiger partial charge on any atom is -0.496 e. The molecule has 2 aliphatic rings. The number of fused-ring (bicyclic) bond motifs is 3. The van der Waals surface area contributed by atoms with E-state index in [1.54, 1.807) is 19.2 Å². The van der Waals surface area contributed by atoms with E-state index in [9.17, 15) is 9.90 Å². The average Bonchev–Trinajstić information content (AvgIpc) is 3.31. The fraction of sp³-hybridized carbons (Fsp3) is 0.444. The molecular formula is C27H32N2O4. The minimum atomic E-state index is -0.893. The number of rotatable bonds is 6. The van der Waals surface area contributed by atoms with E-state index in [-0.39, 0.29) is 11.6 Å². The summed E-state index contributed by atoms with van der Waals surface area (Å²) in [7, 11) is 3.55. The number of H-pyrrole nitrogens is 1. The summed E-state index contributed by atoms with van der Waals surface area (Å²) < 4.78 is 11.8. The summed E-state index contributed by atoms with van der Waals surface area (Å²) in [5.41, 5.74) is 4.83. The molecule has 3 atom stereocenters. The van der Waals surface area contributed by atoms with E-state index in [0.717, 1.165) is 49.9 Å². The van der Waals surface area contributed by atoms with Gasteiger partial charge in [-0.3, -0.25) is 4.90 Å². The summed E-state index contributed by atoms with van der Waals surface area (Å²) >= 11 is 0. The summed E-state index contributed by atoms with van der Waals surface area (Å²) in [6.07, 6.45) is 7.42. The van der Waals surface area contributed by atoms with Crippen molar-refractivity contribution < 1.29 is 19.4 Å². The quantitative estimate of drug-likeness (QED) is 0.539. The van der Waals surface area contributed by atoms with Crippen LogP contribution in [0.4, 0.5) is 0 Å². The minimum absolute atomic E-state index is 0.192. The SMILES string of the molecule is COc1cc(C)c2[nH]ccc2c1CN1[C@@H]2CCCC1(c1ccc(C(=O)O)cc1)C[C@@H](OC)C2. The average molecular weight is 449 g/mol. The second-order valence-corrected chi connectivity index (χ2v) is 9.53. The predicted molar refractivity (Wildman–Crippen MR) is 128 cm³/mol. The van der Waals surface area contributed by atoms with Gasteiger partial charge in [0.25, 0.3) is 0 Å². The Morgan fingerprint density at radius 1 is 1.24 bits per heavy atom. The van der Waals surface area contributed by atoms with Gasteiger partial charge in [0, 0.05) is 47.9 Å². The predicted octanol–water partition coefficient (Wildman–Crippen LogP) is 5.24. The van der Waals surface area contributed by atoms with Crippen LogP contribution in [0.3, 0.4) is 0 Å². The van der Waals surface area contributed by atoms with Crippen molar-refractivity contribution >= 4 is 16.9 Å². The zero-order valence-electron chi connectivity index (χ0n) is 19.6. The Morgan fingerprint density at radius 2 is 2.03 bits per heavy atom. The Hall–Kier alpha value is -2.83. The summed E-state index contributed by atoms with van der Waals surface area (Å²) in [6, 6.07) is 12.2. The van der Waals surface area contributed by atoms with Crippen molar-refractivity contribution in [3.8, 4) is 5.75 Å². The molecule has 33 heavy (non-hydrogen) atoms. The Morgan fingerprint density at radius 3 is 2.73 bits per heavy atom. The molecule has 2 aromatic carbocycles. The molecule has 5 rings (SSSR count). The molecule has 2 fully saturated rings. The van der Waals surface area contributed by atoms with Crippen molar-refractivity contribution in [2.75, 3.05) is 14.2 Å². The van der Waals surface area contributed by atoms with Crippen LogP contribution in [0, 0.1) is 6.92 Å². The van der Waals surface area contributed by atoms with Gasteiger partial charge >= 0.3 is 5.97 Å². The Kier molecular flexibility index (Phi) is 5.67. The molecule has 0 amide bonds. The lowest BCUT2D eigenvalue weighted by Gasteiger charge is -2.57. The molecule has 0 radical (unpaired) electrons. The van der Waals surface area contributed by atoms with E-state index >= 15 is 0 Å². The van der Waals surface area contributed by atoms with Crippen LogP contribution in [0.25, 0.3) is 10.9 Å². The molecule has 2 bridgehead atoms. The highest BCUT2D eigenvalue weighted by Gasteiger charge is 2.50. The first kappa shape index (κ1) is 22.0. The zero-order valence-corrected chi connectivity index (χ0v) is 19.6. The third-order valence-electron chi connectivity index (χ3n) is 7.88. The molecule has 2 aliphatic heterocycles. The number of aromatic carboxylic acids is 1. The normalized spacial score (nSPS) is 25.3. The number of aryl methyl sites for hydroxylation is 1.